The summed E-state index contributed by atoms with van der Waals surface area (Å²) >= 11 is 0. The van der Waals surface area contributed by atoms with E-state index in [0.29, 0.717) is 0 Å². The van der Waals surface area contributed by atoms with Crippen LogP contribution in [0, 0.1) is 0 Å². The molecule has 0 aromatic heterocycles. The van der Waals surface area contributed by atoms with Crippen LogP contribution >= 0.6 is 46.9 Å². The standard InChI is InChI=1S/C6H18O25P6.Zn/c7-1-2(8)4(10)6(12,5(11)3(1)9)26-33(16,17)28-35(20,21)30-37(24,25)31-36(22,23)29-34(18,19)27-32(13,14)15;/h1-5,7-12H,(H,16,17)(H,18,19)(H,20,21)(H,22,23)(H,24,25)(H2,13,14,15);/t1?,2-,3+,4-,5-,6?;/m1./s1. The van der Waals surface area contributed by atoms with Crippen LogP contribution in [0.2, 0.25) is 0 Å². The van der Waals surface area contributed by atoms with E-state index >= 15 is 0 Å². The fourth-order valence-electron chi connectivity index (χ4n) is 2.26. The molecule has 1 fully saturated rings. The Hall–Kier alpha value is 1.24. The van der Waals surface area contributed by atoms with Gasteiger partial charge < -0.3 is 64.9 Å². The topological polar surface area (TPSA) is 421 Å². The predicted molar refractivity (Wildman–Crippen MR) is 103 cm³/mol. The molecule has 1 saturated carbocycles. The Morgan fingerprint density at radius 2 is 0.737 bits per heavy atom. The minimum Gasteiger partial charge on any atom is -0.387 e. The molecule has 0 heterocycles. The molecule has 0 saturated heterocycles. The summed E-state index contributed by atoms with van der Waals surface area (Å²) < 4.78 is 88.7. The van der Waals surface area contributed by atoms with Gasteiger partial charge in [0.2, 0.25) is 5.79 Å². The SMILES string of the molecule is O=P(O)(O)OP(=O)(O)OP(=O)(O)OP(=O)(O)OP(=O)(O)OP(=O)(O)OC1(O)[C@H](O)[C@H](O)C(O)[C@H](O)[C@H]1O.[Zn]. The van der Waals surface area contributed by atoms with Crippen molar-refractivity contribution in [2.75, 3.05) is 0 Å². The van der Waals surface area contributed by atoms with Crippen LogP contribution in [0.3, 0.4) is 0 Å². The van der Waals surface area contributed by atoms with Gasteiger partial charge in [-0.1, -0.05) is 0 Å². The first-order chi connectivity index (χ1) is 16.0. The quantitative estimate of drug-likeness (QED) is 0.0518. The Morgan fingerprint density at radius 3 is 1.03 bits per heavy atom. The summed E-state index contributed by atoms with van der Waals surface area (Å²) in [7, 11) is -38.3. The fraction of sp³-hybridized carbons (Fsp3) is 1.00. The molecule has 0 aliphatic heterocycles. The Balaban J connectivity index is 0.0000137. The average Bonchev–Trinajstić information content (AvgIpc) is 2.56. The normalized spacial score (nSPS) is 36.4. The molecule has 1 aliphatic rings. The van der Waals surface area contributed by atoms with Gasteiger partial charge in [0.15, 0.2) is 0 Å². The van der Waals surface area contributed by atoms with Crippen molar-refractivity contribution in [3.05, 3.63) is 0 Å². The van der Waals surface area contributed by atoms with Crippen molar-refractivity contribution in [1.29, 1.82) is 0 Å². The molecular weight excluding hydrogens is 723 g/mol. The van der Waals surface area contributed by atoms with Crippen molar-refractivity contribution in [3.63, 3.8) is 0 Å². The maximum Gasteiger partial charge on any atom is 0.490 e. The van der Waals surface area contributed by atoms with Crippen LogP contribution in [-0.4, -0.2) is 101 Å². The van der Waals surface area contributed by atoms with Crippen LogP contribution in [0.15, 0.2) is 0 Å². The summed E-state index contributed by atoms with van der Waals surface area (Å²) in [6, 6.07) is 0. The second-order valence-electron chi connectivity index (χ2n) is 6.45. The molecule has 0 radical (unpaired) electrons. The monoisotopic (exact) mass is 740 g/mol. The molecular formula is C6H18O25P6Zn. The van der Waals surface area contributed by atoms with Crippen molar-refractivity contribution in [1.82, 2.24) is 0 Å². The van der Waals surface area contributed by atoms with Gasteiger partial charge in [-0.3, -0.25) is 0 Å². The molecule has 11 atom stereocenters. The third kappa shape index (κ3) is 11.5. The summed E-state index contributed by atoms with van der Waals surface area (Å²) in [5.41, 5.74) is 0. The molecule has 1 aliphatic carbocycles. The van der Waals surface area contributed by atoms with Gasteiger partial charge in [-0.15, -0.1) is 0 Å². The summed E-state index contributed by atoms with van der Waals surface area (Å²) in [5, 5.41) is 57.9. The van der Waals surface area contributed by atoms with Crippen molar-refractivity contribution in [2.24, 2.45) is 0 Å². The number of rotatable bonds is 12. The van der Waals surface area contributed by atoms with Gasteiger partial charge in [-0.2, -0.15) is 21.6 Å². The zero-order valence-corrected chi connectivity index (χ0v) is 25.8. The van der Waals surface area contributed by atoms with Crippen LogP contribution in [0.25, 0.3) is 0 Å². The molecule has 224 valence electrons. The van der Waals surface area contributed by atoms with E-state index in [2.05, 4.69) is 26.1 Å². The first kappa shape index (κ1) is 39.2. The van der Waals surface area contributed by atoms with E-state index in [1.54, 1.807) is 0 Å². The molecule has 32 heteroatoms. The van der Waals surface area contributed by atoms with E-state index in [-0.39, 0.29) is 19.5 Å². The zero-order chi connectivity index (χ0) is 29.6. The van der Waals surface area contributed by atoms with Gasteiger partial charge in [0.1, 0.15) is 30.5 Å². The number of hydrogen-bond donors (Lipinski definition) is 13. The van der Waals surface area contributed by atoms with E-state index in [1.807, 2.05) is 0 Å². The third-order valence-corrected chi connectivity index (χ3v) is 12.3. The second kappa shape index (κ2) is 12.9. The Bertz CT molecular complexity index is 1110. The third-order valence-electron chi connectivity index (χ3n) is 3.49. The van der Waals surface area contributed by atoms with Gasteiger partial charge in [-0.05, 0) is 0 Å². The number of hydrogen-bond acceptors (Lipinski definition) is 18. The summed E-state index contributed by atoms with van der Waals surface area (Å²) in [6.07, 6.45) is -13.5. The van der Waals surface area contributed by atoms with E-state index in [1.165, 1.54) is 0 Å². The van der Waals surface area contributed by atoms with Crippen LogP contribution in [-0.2, 0) is 72.9 Å². The second-order valence-corrected chi connectivity index (χ2v) is 15.6. The number of phosphoric acid groups is 6. The molecule has 0 aromatic rings. The van der Waals surface area contributed by atoms with Crippen LogP contribution in [0.1, 0.15) is 0 Å². The van der Waals surface area contributed by atoms with Gasteiger partial charge in [-0.25, -0.2) is 31.9 Å². The first-order valence-corrected chi connectivity index (χ1v) is 17.1. The van der Waals surface area contributed by atoms with E-state index in [9.17, 15) is 72.7 Å². The Kier molecular flexibility index (Phi) is 13.3. The maximum absolute atomic E-state index is 12.0. The largest absolute Gasteiger partial charge is 0.490 e. The Labute approximate surface area is 221 Å². The van der Waals surface area contributed by atoms with Crippen LogP contribution < -0.4 is 0 Å². The number of aliphatic hydroxyl groups excluding tert-OH is 5. The van der Waals surface area contributed by atoms with Gasteiger partial charge in [0, 0.05) is 19.5 Å². The van der Waals surface area contributed by atoms with Gasteiger partial charge in [0.25, 0.3) is 0 Å². The molecule has 25 nitrogen and oxygen atoms in total. The summed E-state index contributed by atoms with van der Waals surface area (Å²) in [5.74, 6) is -3.96. The zero-order valence-electron chi connectivity index (χ0n) is 17.5. The molecule has 7 unspecified atom stereocenters. The number of phosphoric ester groups is 1. The van der Waals surface area contributed by atoms with E-state index < -0.39 is 83.2 Å². The van der Waals surface area contributed by atoms with Crippen molar-refractivity contribution >= 4 is 46.9 Å². The molecule has 0 spiro atoms. The Morgan fingerprint density at radius 1 is 0.474 bits per heavy atom. The molecule has 13 N–H and O–H groups in total. The fourth-order valence-corrected chi connectivity index (χ4v) is 9.78. The number of aliphatic hydroxyl groups is 6. The predicted octanol–water partition coefficient (Wildman–Crippen LogP) is -3.82. The van der Waals surface area contributed by atoms with Crippen molar-refractivity contribution in [3.8, 4) is 0 Å². The van der Waals surface area contributed by atoms with Crippen LogP contribution in [0.5, 0.6) is 0 Å². The minimum atomic E-state index is -6.59. The van der Waals surface area contributed by atoms with Gasteiger partial charge in [0.05, 0.1) is 0 Å². The van der Waals surface area contributed by atoms with Crippen molar-refractivity contribution < 1.29 is 138 Å². The minimum absolute atomic E-state index is 0. The van der Waals surface area contributed by atoms with Gasteiger partial charge >= 0.3 is 46.9 Å². The molecule has 0 aromatic carbocycles. The molecule has 0 bridgehead atoms. The van der Waals surface area contributed by atoms with E-state index in [4.69, 9.17) is 19.6 Å². The molecule has 38 heavy (non-hydrogen) atoms. The first-order valence-electron chi connectivity index (χ1n) is 8.13. The smallest absolute Gasteiger partial charge is 0.387 e. The molecule has 1 rings (SSSR count). The average molecular weight is 741 g/mol. The summed E-state index contributed by atoms with van der Waals surface area (Å²) in [4.78, 5) is 62.9. The maximum atomic E-state index is 12.0. The summed E-state index contributed by atoms with van der Waals surface area (Å²) in [6.45, 7) is 0. The van der Waals surface area contributed by atoms with E-state index in [0.717, 1.165) is 0 Å². The van der Waals surface area contributed by atoms with Crippen molar-refractivity contribution in [2.45, 2.75) is 36.3 Å². The molecule has 0 amide bonds. The van der Waals surface area contributed by atoms with Crippen LogP contribution in [0.4, 0.5) is 0 Å².